The summed E-state index contributed by atoms with van der Waals surface area (Å²) in [5, 5.41) is 4.16. The molecule has 1 aromatic carbocycles. The van der Waals surface area contributed by atoms with Crippen molar-refractivity contribution in [2.75, 3.05) is 39.3 Å². The molecular formula is C20H24ClN3O3S. The number of benzene rings is 1. The Morgan fingerprint density at radius 1 is 1.11 bits per heavy atom. The van der Waals surface area contributed by atoms with Gasteiger partial charge in [-0.1, -0.05) is 23.4 Å². The van der Waals surface area contributed by atoms with Crippen LogP contribution in [0.4, 0.5) is 0 Å². The molecule has 3 rings (SSSR count). The summed E-state index contributed by atoms with van der Waals surface area (Å²) < 4.78 is 5.76. The zero-order valence-corrected chi connectivity index (χ0v) is 17.4. The highest BCUT2D eigenvalue weighted by atomic mass is 35.5. The second-order valence-corrected chi connectivity index (χ2v) is 8.06. The Kier molecular flexibility index (Phi) is 7.42. The van der Waals surface area contributed by atoms with E-state index in [0.717, 1.165) is 17.9 Å². The maximum atomic E-state index is 12.8. The quantitative estimate of drug-likeness (QED) is 0.774. The topological polar surface area (TPSA) is 65.8 Å². The fraction of sp³-hybridized carbons (Fsp3) is 0.400. The molecule has 0 aliphatic carbocycles. The molecule has 0 saturated carbocycles. The van der Waals surface area contributed by atoms with Crippen molar-refractivity contribution in [3.8, 4) is 0 Å². The molecule has 0 bridgehead atoms. The van der Waals surface area contributed by atoms with Crippen LogP contribution in [0, 0.1) is 0 Å². The van der Waals surface area contributed by atoms with E-state index in [-0.39, 0.29) is 11.8 Å². The van der Waals surface area contributed by atoms with Gasteiger partial charge in [0.1, 0.15) is 0 Å². The second kappa shape index (κ2) is 10.0. The van der Waals surface area contributed by atoms with Gasteiger partial charge in [0.2, 0.25) is 5.91 Å². The number of carbonyl (C=O) groups excluding carboxylic acids is 2. The average molecular weight is 422 g/mol. The van der Waals surface area contributed by atoms with Crippen molar-refractivity contribution in [1.29, 1.82) is 0 Å². The summed E-state index contributed by atoms with van der Waals surface area (Å²) in [5.74, 6) is 0.258. The van der Waals surface area contributed by atoms with Gasteiger partial charge >= 0.3 is 0 Å². The van der Waals surface area contributed by atoms with Crippen molar-refractivity contribution in [2.45, 2.75) is 23.3 Å². The molecule has 1 saturated heterocycles. The molecule has 1 aliphatic heterocycles. The Balaban J connectivity index is 1.56. The first-order valence-electron chi connectivity index (χ1n) is 9.36. The molecule has 2 heterocycles. The lowest BCUT2D eigenvalue weighted by Gasteiger charge is -2.20. The minimum Gasteiger partial charge on any atom is -0.444 e. The maximum absolute atomic E-state index is 12.8. The summed E-state index contributed by atoms with van der Waals surface area (Å²) in [7, 11) is 0. The molecule has 6 nitrogen and oxygen atoms in total. The molecule has 1 aliphatic rings. The molecular weight excluding hydrogens is 398 g/mol. The van der Waals surface area contributed by atoms with Gasteiger partial charge in [0.05, 0.1) is 6.54 Å². The molecule has 28 heavy (non-hydrogen) atoms. The lowest BCUT2D eigenvalue weighted by atomic mass is 10.3. The van der Waals surface area contributed by atoms with Gasteiger partial charge in [-0.3, -0.25) is 14.5 Å². The van der Waals surface area contributed by atoms with Crippen LogP contribution in [0.15, 0.2) is 50.8 Å². The maximum Gasteiger partial charge on any atom is 0.289 e. The van der Waals surface area contributed by atoms with Crippen LogP contribution in [0.2, 0.25) is 5.02 Å². The molecule has 1 aromatic heterocycles. The predicted molar refractivity (Wildman–Crippen MR) is 110 cm³/mol. The van der Waals surface area contributed by atoms with Crippen molar-refractivity contribution < 1.29 is 14.0 Å². The van der Waals surface area contributed by atoms with Crippen molar-refractivity contribution in [3.63, 3.8) is 0 Å². The van der Waals surface area contributed by atoms with Gasteiger partial charge in [-0.25, -0.2) is 0 Å². The van der Waals surface area contributed by atoms with Gasteiger partial charge in [0.15, 0.2) is 10.9 Å². The SMILES string of the molecule is CCNC(=O)CN1CCCN(C(=O)c2ccc(Sc3ccc(Cl)cc3)o2)CC1. The Labute approximate surface area is 174 Å². The van der Waals surface area contributed by atoms with Crippen LogP contribution in [0.1, 0.15) is 23.9 Å². The van der Waals surface area contributed by atoms with Gasteiger partial charge in [0.25, 0.3) is 5.91 Å². The number of likely N-dealkylation sites (N-methyl/N-ethyl adjacent to an activating group) is 1. The number of hydrogen-bond donors (Lipinski definition) is 1. The number of amides is 2. The van der Waals surface area contributed by atoms with Crippen LogP contribution in [-0.4, -0.2) is 60.9 Å². The fourth-order valence-corrected chi connectivity index (χ4v) is 3.95. The van der Waals surface area contributed by atoms with Crippen LogP contribution in [0.3, 0.4) is 0 Å². The minimum absolute atomic E-state index is 0.0252. The largest absolute Gasteiger partial charge is 0.444 e. The Bertz CT molecular complexity index is 809. The van der Waals surface area contributed by atoms with Crippen LogP contribution in [-0.2, 0) is 4.79 Å². The number of hydrogen-bond acceptors (Lipinski definition) is 5. The van der Waals surface area contributed by atoms with Gasteiger partial charge in [-0.05, 0) is 49.7 Å². The smallest absolute Gasteiger partial charge is 0.289 e. The van der Waals surface area contributed by atoms with E-state index in [2.05, 4.69) is 10.2 Å². The van der Waals surface area contributed by atoms with Crippen LogP contribution >= 0.6 is 23.4 Å². The third-order valence-electron chi connectivity index (χ3n) is 4.44. The van der Waals surface area contributed by atoms with Crippen LogP contribution in [0.5, 0.6) is 0 Å². The van der Waals surface area contributed by atoms with Gasteiger partial charge in [-0.2, -0.15) is 0 Å². The Hall–Kier alpha value is -1.96. The van der Waals surface area contributed by atoms with E-state index in [0.29, 0.717) is 48.6 Å². The lowest BCUT2D eigenvalue weighted by Crippen LogP contribution is -2.40. The number of halogens is 1. The summed E-state index contributed by atoms with van der Waals surface area (Å²) >= 11 is 7.35. The van der Waals surface area contributed by atoms with E-state index in [1.807, 2.05) is 37.3 Å². The second-order valence-electron chi connectivity index (χ2n) is 6.55. The molecule has 150 valence electrons. The normalized spacial score (nSPS) is 15.3. The monoisotopic (exact) mass is 421 g/mol. The predicted octanol–water partition coefficient (Wildman–Crippen LogP) is 3.37. The molecule has 8 heteroatoms. The summed E-state index contributed by atoms with van der Waals surface area (Å²) in [6.45, 7) is 5.63. The van der Waals surface area contributed by atoms with Crippen molar-refractivity contribution >= 4 is 35.2 Å². The van der Waals surface area contributed by atoms with Gasteiger partial charge in [-0.15, -0.1) is 0 Å². The Morgan fingerprint density at radius 2 is 1.89 bits per heavy atom. The van der Waals surface area contributed by atoms with Crippen molar-refractivity contribution in [3.05, 3.63) is 47.2 Å². The molecule has 2 aromatic rings. The minimum atomic E-state index is -0.109. The van der Waals surface area contributed by atoms with E-state index >= 15 is 0 Å². The molecule has 0 unspecified atom stereocenters. The highest BCUT2D eigenvalue weighted by Gasteiger charge is 2.23. The molecule has 1 fully saturated rings. The zero-order chi connectivity index (χ0) is 19.9. The van der Waals surface area contributed by atoms with E-state index in [1.54, 1.807) is 11.0 Å². The summed E-state index contributed by atoms with van der Waals surface area (Å²) in [6.07, 6.45) is 0.832. The number of furan rings is 1. The van der Waals surface area contributed by atoms with E-state index in [1.165, 1.54) is 11.8 Å². The molecule has 2 amide bonds. The Morgan fingerprint density at radius 3 is 2.64 bits per heavy atom. The first kappa shape index (κ1) is 20.8. The first-order chi connectivity index (χ1) is 13.5. The van der Waals surface area contributed by atoms with Crippen LogP contribution < -0.4 is 5.32 Å². The van der Waals surface area contributed by atoms with E-state index in [9.17, 15) is 9.59 Å². The number of rotatable bonds is 6. The summed E-state index contributed by atoms with van der Waals surface area (Å²) in [4.78, 5) is 29.5. The van der Waals surface area contributed by atoms with Crippen molar-refractivity contribution in [2.24, 2.45) is 0 Å². The highest BCUT2D eigenvalue weighted by molar-refractivity contribution is 7.99. The average Bonchev–Trinajstić information content (AvgIpc) is 3.02. The summed E-state index contributed by atoms with van der Waals surface area (Å²) in [5.41, 5.74) is 0. The van der Waals surface area contributed by atoms with Gasteiger partial charge in [0, 0.05) is 42.6 Å². The third-order valence-corrected chi connectivity index (χ3v) is 5.62. The summed E-state index contributed by atoms with van der Waals surface area (Å²) in [6, 6.07) is 11.0. The van der Waals surface area contributed by atoms with Gasteiger partial charge < -0.3 is 14.6 Å². The van der Waals surface area contributed by atoms with E-state index in [4.69, 9.17) is 16.0 Å². The lowest BCUT2D eigenvalue weighted by molar-refractivity contribution is -0.122. The molecule has 0 radical (unpaired) electrons. The molecule has 0 spiro atoms. The first-order valence-corrected chi connectivity index (χ1v) is 10.6. The third kappa shape index (κ3) is 5.77. The van der Waals surface area contributed by atoms with Crippen LogP contribution in [0.25, 0.3) is 0 Å². The number of nitrogens with one attached hydrogen (secondary N) is 1. The van der Waals surface area contributed by atoms with E-state index < -0.39 is 0 Å². The number of nitrogens with zero attached hydrogens (tertiary/aromatic N) is 2. The van der Waals surface area contributed by atoms with Crippen molar-refractivity contribution in [1.82, 2.24) is 15.1 Å². The molecule has 1 N–H and O–H groups in total. The standard InChI is InChI=1S/C20H24ClN3O3S/c1-2-22-18(25)14-23-10-3-11-24(13-12-23)20(26)17-8-9-19(27-17)28-16-6-4-15(21)5-7-16/h4-9H,2-3,10-14H2,1H3,(H,22,25). The molecule has 0 atom stereocenters. The fourth-order valence-electron chi connectivity index (χ4n) is 3.05. The number of carbonyl (C=O) groups is 2. The highest BCUT2D eigenvalue weighted by Crippen LogP contribution is 2.30. The zero-order valence-electron chi connectivity index (χ0n) is 15.8.